The van der Waals surface area contributed by atoms with Gasteiger partial charge in [-0.15, -0.1) is 5.10 Å². The van der Waals surface area contributed by atoms with Crippen LogP contribution in [-0.4, -0.2) is 10.2 Å². The maximum atomic E-state index is 14.1. The monoisotopic (exact) mass is 324 g/mol. The van der Waals surface area contributed by atoms with Crippen LogP contribution in [-0.2, 0) is 6.18 Å². The molecule has 0 radical (unpaired) electrons. The Morgan fingerprint density at radius 2 is 2.00 bits per heavy atom. The largest absolute Gasteiger partial charge is 0.433 e. The van der Waals surface area contributed by atoms with Gasteiger partial charge in [0.15, 0.2) is 0 Å². The lowest BCUT2D eigenvalue weighted by Crippen LogP contribution is -2.23. The van der Waals surface area contributed by atoms with E-state index in [1.807, 2.05) is 5.10 Å². The highest BCUT2D eigenvalue weighted by molar-refractivity contribution is 5.55. The lowest BCUT2D eigenvalue weighted by molar-refractivity contribution is -0.141. The van der Waals surface area contributed by atoms with Crippen molar-refractivity contribution in [3.8, 4) is 11.9 Å². The van der Waals surface area contributed by atoms with E-state index in [0.717, 1.165) is 6.07 Å². The summed E-state index contributed by atoms with van der Waals surface area (Å²) in [7, 11) is 0. The first kappa shape index (κ1) is 14.9. The number of nitrogens with zero attached hydrogens (tertiary/aromatic N) is 2. The van der Waals surface area contributed by atoms with E-state index in [1.165, 1.54) is 18.2 Å². The molecule has 0 unspecified atom stereocenters. The summed E-state index contributed by atoms with van der Waals surface area (Å²) in [5.41, 5.74) is 3.47. The van der Waals surface area contributed by atoms with Gasteiger partial charge in [0, 0.05) is 5.56 Å². The number of H-pyrrole nitrogens is 1. The third kappa shape index (κ3) is 2.28. The lowest BCUT2D eigenvalue weighted by Gasteiger charge is -2.24. The van der Waals surface area contributed by atoms with Crippen molar-refractivity contribution in [3.05, 3.63) is 58.4 Å². The summed E-state index contributed by atoms with van der Waals surface area (Å²) in [5, 5.41) is 14.5. The number of rotatable bonds is 1. The minimum absolute atomic E-state index is 0.122. The molecule has 3 rings (SSSR count). The molecule has 1 aromatic carbocycles. The average Bonchev–Trinajstić information content (AvgIpc) is 2.90. The third-order valence-electron chi connectivity index (χ3n) is 3.44. The molecule has 0 fully saturated rings. The Balaban J connectivity index is 2.31. The summed E-state index contributed by atoms with van der Waals surface area (Å²) in [4.78, 5) is 0. The van der Waals surface area contributed by atoms with Crippen molar-refractivity contribution >= 4 is 0 Å². The Kier molecular flexibility index (Phi) is 3.25. The van der Waals surface area contributed by atoms with Crippen LogP contribution in [0.4, 0.5) is 17.6 Å². The van der Waals surface area contributed by atoms with Gasteiger partial charge in [0.2, 0.25) is 11.8 Å². The molecule has 1 aliphatic heterocycles. The average molecular weight is 324 g/mol. The van der Waals surface area contributed by atoms with Crippen molar-refractivity contribution in [1.29, 1.82) is 5.26 Å². The van der Waals surface area contributed by atoms with E-state index in [1.54, 1.807) is 6.07 Å². The number of alkyl halides is 3. The van der Waals surface area contributed by atoms with Gasteiger partial charge in [-0.05, 0) is 6.07 Å². The Morgan fingerprint density at radius 1 is 1.30 bits per heavy atom. The van der Waals surface area contributed by atoms with Crippen LogP contribution in [0.1, 0.15) is 22.7 Å². The summed E-state index contributed by atoms with van der Waals surface area (Å²) in [6, 6.07) is 6.90. The number of nitrogens with two attached hydrogens (primary N) is 1. The predicted octanol–water partition coefficient (Wildman–Crippen LogP) is 2.79. The van der Waals surface area contributed by atoms with Crippen molar-refractivity contribution in [2.75, 3.05) is 0 Å². The van der Waals surface area contributed by atoms with Crippen LogP contribution in [0.3, 0.4) is 0 Å². The second kappa shape index (κ2) is 5.01. The number of hydrogen-bond donors (Lipinski definition) is 2. The molecular weight excluding hydrogens is 316 g/mol. The minimum atomic E-state index is -4.78. The fourth-order valence-corrected chi connectivity index (χ4v) is 2.48. The molecule has 1 aliphatic rings. The van der Waals surface area contributed by atoms with Gasteiger partial charge in [-0.1, -0.05) is 18.2 Å². The summed E-state index contributed by atoms with van der Waals surface area (Å²) in [6.07, 6.45) is -4.78. The lowest BCUT2D eigenvalue weighted by atomic mass is 9.83. The van der Waals surface area contributed by atoms with Gasteiger partial charge in [0.05, 0.1) is 11.5 Å². The Labute approximate surface area is 127 Å². The van der Waals surface area contributed by atoms with Crippen molar-refractivity contribution in [1.82, 2.24) is 10.2 Å². The molecule has 0 bridgehead atoms. The number of nitriles is 1. The van der Waals surface area contributed by atoms with Crippen LogP contribution in [0.25, 0.3) is 0 Å². The second-order valence-electron chi connectivity index (χ2n) is 4.76. The second-order valence-corrected chi connectivity index (χ2v) is 4.76. The molecule has 0 aliphatic carbocycles. The molecule has 0 spiro atoms. The molecule has 0 saturated carbocycles. The van der Waals surface area contributed by atoms with Crippen LogP contribution in [0.5, 0.6) is 5.88 Å². The molecule has 3 N–H and O–H groups in total. The topological polar surface area (TPSA) is 87.7 Å². The summed E-state index contributed by atoms with van der Waals surface area (Å²) >= 11 is 0. The zero-order valence-electron chi connectivity index (χ0n) is 11.3. The van der Waals surface area contributed by atoms with Crippen LogP contribution < -0.4 is 10.5 Å². The smallest absolute Gasteiger partial charge is 0.420 e. The molecule has 5 nitrogen and oxygen atoms in total. The predicted molar refractivity (Wildman–Crippen MR) is 69.3 cm³/mol. The number of ether oxygens (including phenoxy) is 1. The highest BCUT2D eigenvalue weighted by atomic mass is 19.4. The quantitative estimate of drug-likeness (QED) is 0.790. The minimum Gasteiger partial charge on any atom is -0.420 e. The number of nitrogens with one attached hydrogen (secondary N) is 1. The standard InChI is InChI=1S/C14H8F4N4O/c15-8-4-2-1-3-6(8)9-7(5-19)12(20)23-13-10(9)11(21-22-13)14(16,17)18/h1-4,9H,20H2,(H,21,22)/t9-/m0/s1. The van der Waals surface area contributed by atoms with Crippen LogP contribution in [0.2, 0.25) is 0 Å². The summed E-state index contributed by atoms with van der Waals surface area (Å²) in [5.74, 6) is -2.96. The number of fused-ring (bicyclic) bond motifs is 1. The number of halogens is 4. The van der Waals surface area contributed by atoms with Crippen LogP contribution in [0, 0.1) is 17.1 Å². The Bertz CT molecular complexity index is 847. The molecule has 0 amide bonds. The van der Waals surface area contributed by atoms with Crippen molar-refractivity contribution in [2.24, 2.45) is 5.73 Å². The van der Waals surface area contributed by atoms with Crippen molar-refractivity contribution in [3.63, 3.8) is 0 Å². The molecule has 1 aromatic heterocycles. The van der Waals surface area contributed by atoms with Gasteiger partial charge in [0.25, 0.3) is 0 Å². The van der Waals surface area contributed by atoms with E-state index in [0.29, 0.717) is 0 Å². The molecule has 2 heterocycles. The van der Waals surface area contributed by atoms with E-state index in [4.69, 9.17) is 10.5 Å². The number of aromatic nitrogens is 2. The maximum Gasteiger partial charge on any atom is 0.433 e. The number of benzene rings is 1. The molecule has 118 valence electrons. The van der Waals surface area contributed by atoms with Gasteiger partial charge in [-0.2, -0.15) is 18.4 Å². The van der Waals surface area contributed by atoms with Crippen molar-refractivity contribution in [2.45, 2.75) is 12.1 Å². The molecule has 2 aromatic rings. The molecule has 23 heavy (non-hydrogen) atoms. The first-order chi connectivity index (χ1) is 10.8. The highest BCUT2D eigenvalue weighted by Crippen LogP contribution is 2.47. The first-order valence-electron chi connectivity index (χ1n) is 6.32. The molecule has 1 atom stereocenters. The highest BCUT2D eigenvalue weighted by Gasteiger charge is 2.44. The number of hydrogen-bond acceptors (Lipinski definition) is 4. The summed E-state index contributed by atoms with van der Waals surface area (Å²) < 4.78 is 58.6. The van der Waals surface area contributed by atoms with E-state index in [-0.39, 0.29) is 11.1 Å². The summed E-state index contributed by atoms with van der Waals surface area (Å²) in [6.45, 7) is 0. The normalized spacial score (nSPS) is 17.4. The van der Waals surface area contributed by atoms with Crippen molar-refractivity contribution < 1.29 is 22.3 Å². The Hall–Kier alpha value is -3.02. The molecule has 9 heteroatoms. The van der Waals surface area contributed by atoms with Crippen LogP contribution >= 0.6 is 0 Å². The SMILES string of the molecule is N#CC1=C(N)Oc2n[nH]c(C(F)(F)F)c2[C@H]1c1ccccc1F. The molecular formula is C14H8F4N4O. The fourth-order valence-electron chi connectivity index (χ4n) is 2.48. The van der Waals surface area contributed by atoms with Gasteiger partial charge in [-0.25, -0.2) is 4.39 Å². The number of allylic oxidation sites excluding steroid dienone is 1. The van der Waals surface area contributed by atoms with E-state index in [9.17, 15) is 22.8 Å². The van der Waals surface area contributed by atoms with Gasteiger partial charge >= 0.3 is 6.18 Å². The molecule has 0 saturated heterocycles. The van der Waals surface area contributed by atoms with Crippen LogP contribution in [0.15, 0.2) is 35.7 Å². The van der Waals surface area contributed by atoms with E-state index < -0.39 is 40.9 Å². The first-order valence-corrected chi connectivity index (χ1v) is 6.32. The maximum absolute atomic E-state index is 14.1. The van der Waals surface area contributed by atoms with E-state index in [2.05, 4.69) is 5.10 Å². The third-order valence-corrected chi connectivity index (χ3v) is 3.44. The number of aromatic amines is 1. The zero-order valence-corrected chi connectivity index (χ0v) is 11.3. The van der Waals surface area contributed by atoms with Gasteiger partial charge in [0.1, 0.15) is 23.2 Å². The zero-order chi connectivity index (χ0) is 16.8. The fraction of sp³-hybridized carbons (Fsp3) is 0.143. The van der Waals surface area contributed by atoms with Gasteiger partial charge < -0.3 is 10.5 Å². The van der Waals surface area contributed by atoms with E-state index >= 15 is 0 Å². The van der Waals surface area contributed by atoms with Gasteiger partial charge in [-0.3, -0.25) is 5.10 Å². The Morgan fingerprint density at radius 3 is 2.61 bits per heavy atom.